The van der Waals surface area contributed by atoms with Crippen LogP contribution in [0.2, 0.25) is 0 Å². The Morgan fingerprint density at radius 3 is 1.35 bits per heavy atom. The van der Waals surface area contributed by atoms with Crippen molar-refractivity contribution in [2.24, 2.45) is 0 Å². The highest BCUT2D eigenvalue weighted by Crippen LogP contribution is 2.31. The minimum Gasteiger partial charge on any atom is -0.494 e. The Labute approximate surface area is 267 Å². The van der Waals surface area contributed by atoms with Gasteiger partial charge in [0.25, 0.3) is 0 Å². The maximum absolute atomic E-state index is 12.8. The average Bonchev–Trinajstić information content (AvgIpc) is 3.67. The van der Waals surface area contributed by atoms with E-state index >= 15 is 0 Å². The first kappa shape index (κ1) is 34.2. The van der Waals surface area contributed by atoms with E-state index in [1.165, 1.54) is 0 Å². The predicted octanol–water partition coefficient (Wildman–Crippen LogP) is 4.01. The number of carbonyl (C=O) groups excluding carboxylic acids is 4. The summed E-state index contributed by atoms with van der Waals surface area (Å²) in [5.74, 6) is -0.787. The van der Waals surface area contributed by atoms with E-state index in [1.54, 1.807) is 48.5 Å². The number of ether oxygens (including phenoxy) is 8. The number of hydrogen-bond donors (Lipinski definition) is 0. The highest BCUT2D eigenvalue weighted by atomic mass is 16.7. The third-order valence-corrected chi connectivity index (χ3v) is 7.10. The minimum absolute atomic E-state index is 0.112. The number of rotatable bonds is 18. The smallest absolute Gasteiger partial charge is 0.338 e. The van der Waals surface area contributed by atoms with Gasteiger partial charge in [0, 0.05) is 12.2 Å². The topological polar surface area (TPSA) is 142 Å². The van der Waals surface area contributed by atoms with Crippen LogP contribution < -0.4 is 9.47 Å². The van der Waals surface area contributed by atoms with Gasteiger partial charge in [-0.05, 0) is 74.2 Å². The van der Waals surface area contributed by atoms with Gasteiger partial charge in [0.05, 0.1) is 50.8 Å². The second-order valence-electron chi connectivity index (χ2n) is 10.4. The summed E-state index contributed by atoms with van der Waals surface area (Å²) >= 11 is 0. The first-order valence-electron chi connectivity index (χ1n) is 15.1. The molecule has 0 N–H and O–H groups in total. The number of fused-ring (bicyclic) bond motifs is 1. The Kier molecular flexibility index (Phi) is 13.2. The highest BCUT2D eigenvalue weighted by Gasteiger charge is 2.51. The molecule has 2 aromatic carbocycles. The fourth-order valence-corrected chi connectivity index (χ4v) is 4.67. The number of hydrogen-bond acceptors (Lipinski definition) is 12. The van der Waals surface area contributed by atoms with E-state index in [0.29, 0.717) is 74.7 Å². The maximum atomic E-state index is 12.8. The molecule has 2 aliphatic heterocycles. The largest absolute Gasteiger partial charge is 0.494 e. The van der Waals surface area contributed by atoms with Crippen LogP contribution in [0.15, 0.2) is 73.8 Å². The maximum Gasteiger partial charge on any atom is 0.338 e. The molecule has 0 aromatic heterocycles. The zero-order valence-corrected chi connectivity index (χ0v) is 25.5. The van der Waals surface area contributed by atoms with Crippen molar-refractivity contribution < 1.29 is 57.1 Å². The normalized spacial score (nSPS) is 19.7. The lowest BCUT2D eigenvalue weighted by molar-refractivity contribution is -0.138. The molecule has 2 aliphatic rings. The van der Waals surface area contributed by atoms with Gasteiger partial charge >= 0.3 is 23.9 Å². The van der Waals surface area contributed by atoms with Gasteiger partial charge in [-0.15, -0.1) is 0 Å². The van der Waals surface area contributed by atoms with Crippen molar-refractivity contribution in [2.75, 3.05) is 39.6 Å². The number of carbonyl (C=O) groups is 4. The predicted molar refractivity (Wildman–Crippen MR) is 163 cm³/mol. The number of benzene rings is 2. The SMILES string of the molecule is C=CC(=O)OCCCCOc1ccc(C(=O)O[C@H]2COC3C2OC[C@H]3OC(=O)c2ccc(OCCCCOC(=O)C=C)cc2)cc1. The molecule has 4 atom stereocenters. The van der Waals surface area contributed by atoms with Crippen molar-refractivity contribution >= 4 is 23.9 Å². The van der Waals surface area contributed by atoms with Crippen LogP contribution in [0.5, 0.6) is 11.5 Å². The van der Waals surface area contributed by atoms with Crippen LogP contribution in [-0.2, 0) is 38.0 Å². The van der Waals surface area contributed by atoms with Crippen LogP contribution in [0, 0.1) is 0 Å². The second-order valence-corrected chi connectivity index (χ2v) is 10.4. The zero-order valence-electron chi connectivity index (χ0n) is 25.5. The summed E-state index contributed by atoms with van der Waals surface area (Å²) in [6, 6.07) is 13.1. The highest BCUT2D eigenvalue weighted by molar-refractivity contribution is 5.90. The molecule has 46 heavy (non-hydrogen) atoms. The van der Waals surface area contributed by atoms with Crippen LogP contribution in [0.1, 0.15) is 46.4 Å². The van der Waals surface area contributed by atoms with E-state index in [1.807, 2.05) is 0 Å². The molecule has 12 heteroatoms. The third kappa shape index (κ3) is 10.2. The van der Waals surface area contributed by atoms with Crippen molar-refractivity contribution in [3.8, 4) is 11.5 Å². The van der Waals surface area contributed by atoms with Gasteiger partial charge in [-0.1, -0.05) is 13.2 Å². The van der Waals surface area contributed by atoms with Gasteiger partial charge < -0.3 is 37.9 Å². The fraction of sp³-hybridized carbons (Fsp3) is 0.412. The van der Waals surface area contributed by atoms with Gasteiger partial charge in [0.2, 0.25) is 0 Å². The molecule has 2 aromatic rings. The molecular weight excluding hydrogens is 600 g/mol. The third-order valence-electron chi connectivity index (χ3n) is 7.10. The molecule has 2 saturated heterocycles. The average molecular weight is 639 g/mol. The summed E-state index contributed by atoms with van der Waals surface area (Å²) in [5.41, 5.74) is 0.684. The monoisotopic (exact) mass is 638 g/mol. The van der Waals surface area contributed by atoms with Gasteiger partial charge in [-0.3, -0.25) is 0 Å². The van der Waals surface area contributed by atoms with Gasteiger partial charge in [0.15, 0.2) is 12.2 Å². The van der Waals surface area contributed by atoms with Crippen molar-refractivity contribution in [2.45, 2.75) is 50.1 Å². The van der Waals surface area contributed by atoms with Crippen LogP contribution in [0.3, 0.4) is 0 Å². The molecular formula is C34H38O12. The van der Waals surface area contributed by atoms with Crippen molar-refractivity contribution in [3.05, 3.63) is 85.0 Å². The van der Waals surface area contributed by atoms with E-state index in [2.05, 4.69) is 13.2 Å². The first-order chi connectivity index (χ1) is 22.4. The molecule has 0 saturated carbocycles. The molecule has 246 valence electrons. The lowest BCUT2D eigenvalue weighted by atomic mass is 10.1. The quantitative estimate of drug-likeness (QED) is 0.101. The Morgan fingerprint density at radius 2 is 0.978 bits per heavy atom. The molecule has 12 nitrogen and oxygen atoms in total. The Hall–Kier alpha value is -4.68. The molecule has 0 bridgehead atoms. The summed E-state index contributed by atoms with van der Waals surface area (Å²) in [6.45, 7) is 8.36. The lowest BCUT2D eigenvalue weighted by Crippen LogP contribution is -2.36. The van der Waals surface area contributed by atoms with Crippen molar-refractivity contribution in [3.63, 3.8) is 0 Å². The van der Waals surface area contributed by atoms with E-state index in [9.17, 15) is 19.2 Å². The van der Waals surface area contributed by atoms with Gasteiger partial charge in [-0.2, -0.15) is 0 Å². The summed E-state index contributed by atoms with van der Waals surface area (Å²) in [4.78, 5) is 47.6. The molecule has 0 aliphatic carbocycles. The van der Waals surface area contributed by atoms with Gasteiger partial charge in [-0.25, -0.2) is 19.2 Å². The van der Waals surface area contributed by atoms with Crippen LogP contribution in [0.4, 0.5) is 0 Å². The Balaban J connectivity index is 1.15. The second kappa shape index (κ2) is 17.7. The van der Waals surface area contributed by atoms with E-state index < -0.39 is 48.3 Å². The minimum atomic E-state index is -0.655. The van der Waals surface area contributed by atoms with Crippen molar-refractivity contribution in [1.29, 1.82) is 0 Å². The van der Waals surface area contributed by atoms with Crippen LogP contribution in [-0.4, -0.2) is 87.9 Å². The zero-order chi connectivity index (χ0) is 32.7. The first-order valence-corrected chi connectivity index (χ1v) is 15.1. The molecule has 0 radical (unpaired) electrons. The van der Waals surface area contributed by atoms with Crippen LogP contribution >= 0.6 is 0 Å². The van der Waals surface area contributed by atoms with E-state index in [0.717, 1.165) is 12.2 Å². The van der Waals surface area contributed by atoms with E-state index in [4.69, 9.17) is 37.9 Å². The molecule has 2 fully saturated rings. The summed E-state index contributed by atoms with van der Waals surface area (Å²) < 4.78 is 44.1. The molecule has 2 unspecified atom stereocenters. The van der Waals surface area contributed by atoms with Gasteiger partial charge in [0.1, 0.15) is 23.7 Å². The number of esters is 4. The van der Waals surface area contributed by atoms with Crippen LogP contribution in [0.25, 0.3) is 0 Å². The van der Waals surface area contributed by atoms with Crippen molar-refractivity contribution in [1.82, 2.24) is 0 Å². The number of unbranched alkanes of at least 4 members (excludes halogenated alkanes) is 2. The standard InChI is InChI=1S/C34H38O12/c1-3-29(35)41-19-7-5-17-39-25-13-9-23(10-14-25)33(37)45-27-21-43-32-28(22-44-31(27)32)46-34(38)24-11-15-26(16-12-24)40-18-6-8-20-42-30(36)4-2/h3-4,9-16,27-28,31-32H,1-2,5-8,17-22H2/t27-,28+,31?,32?. The summed E-state index contributed by atoms with van der Waals surface area (Å²) in [5, 5.41) is 0. The Bertz CT molecular complexity index is 1230. The molecule has 0 amide bonds. The molecule has 2 heterocycles. The van der Waals surface area contributed by atoms with E-state index in [-0.39, 0.29) is 13.2 Å². The molecule has 4 rings (SSSR count). The lowest BCUT2D eigenvalue weighted by Gasteiger charge is -2.17. The Morgan fingerprint density at radius 1 is 0.609 bits per heavy atom. The summed E-state index contributed by atoms with van der Waals surface area (Å²) in [7, 11) is 0. The molecule has 0 spiro atoms. The summed E-state index contributed by atoms with van der Waals surface area (Å²) in [6.07, 6.45) is 2.50. The fourth-order valence-electron chi connectivity index (χ4n) is 4.67.